The lowest BCUT2D eigenvalue weighted by molar-refractivity contribution is 0.0736. The van der Waals surface area contributed by atoms with Crippen LogP contribution >= 0.6 is 0 Å². The first-order chi connectivity index (χ1) is 9.70. The minimum absolute atomic E-state index is 0.221. The van der Waals surface area contributed by atoms with Crippen LogP contribution in [0.3, 0.4) is 0 Å². The van der Waals surface area contributed by atoms with Gasteiger partial charge in [0.25, 0.3) is 5.91 Å². The molecule has 0 radical (unpaired) electrons. The van der Waals surface area contributed by atoms with Gasteiger partial charge in [-0.15, -0.1) is 0 Å². The SMILES string of the molecule is Cc1cc(C(=O)N(CCC#N)Cc2ccccc2)no1. The zero-order valence-corrected chi connectivity index (χ0v) is 11.2. The van der Waals surface area contributed by atoms with Gasteiger partial charge in [0.2, 0.25) is 0 Å². The molecule has 5 nitrogen and oxygen atoms in total. The van der Waals surface area contributed by atoms with Gasteiger partial charge in [-0.25, -0.2) is 0 Å². The molecule has 0 bridgehead atoms. The second kappa shape index (κ2) is 6.53. The Morgan fingerprint density at radius 1 is 1.40 bits per heavy atom. The molecule has 0 saturated carbocycles. The van der Waals surface area contributed by atoms with Gasteiger partial charge in [0, 0.05) is 19.2 Å². The van der Waals surface area contributed by atoms with Gasteiger partial charge in [0.05, 0.1) is 12.5 Å². The summed E-state index contributed by atoms with van der Waals surface area (Å²) in [6.07, 6.45) is 0.287. The molecule has 0 atom stereocenters. The minimum Gasteiger partial charge on any atom is -0.361 e. The van der Waals surface area contributed by atoms with Crippen LogP contribution in [0.5, 0.6) is 0 Å². The van der Waals surface area contributed by atoms with Gasteiger partial charge in [0.15, 0.2) is 5.69 Å². The molecular weight excluding hydrogens is 254 g/mol. The highest BCUT2D eigenvalue weighted by molar-refractivity contribution is 5.92. The highest BCUT2D eigenvalue weighted by Crippen LogP contribution is 2.11. The largest absolute Gasteiger partial charge is 0.361 e. The fourth-order valence-electron chi connectivity index (χ4n) is 1.87. The van der Waals surface area contributed by atoms with Crippen LogP contribution in [0.15, 0.2) is 40.9 Å². The van der Waals surface area contributed by atoms with Crippen molar-refractivity contribution in [2.45, 2.75) is 19.9 Å². The lowest BCUT2D eigenvalue weighted by Crippen LogP contribution is -2.31. The minimum atomic E-state index is -0.221. The molecule has 0 aliphatic heterocycles. The Labute approximate surface area is 117 Å². The summed E-state index contributed by atoms with van der Waals surface area (Å²) in [6, 6.07) is 13.3. The zero-order chi connectivity index (χ0) is 14.4. The fraction of sp³-hybridized carbons (Fsp3) is 0.267. The van der Waals surface area contributed by atoms with Crippen LogP contribution in [0.1, 0.15) is 28.2 Å². The second-order valence-corrected chi connectivity index (χ2v) is 4.44. The van der Waals surface area contributed by atoms with Gasteiger partial charge in [-0.3, -0.25) is 4.79 Å². The van der Waals surface area contributed by atoms with E-state index in [1.54, 1.807) is 17.9 Å². The number of carbonyl (C=O) groups excluding carboxylic acids is 1. The van der Waals surface area contributed by atoms with Crippen molar-refractivity contribution in [2.24, 2.45) is 0 Å². The lowest BCUT2D eigenvalue weighted by Gasteiger charge is -2.20. The summed E-state index contributed by atoms with van der Waals surface area (Å²) >= 11 is 0. The summed E-state index contributed by atoms with van der Waals surface area (Å²) < 4.78 is 4.93. The number of aryl methyl sites for hydroxylation is 1. The maximum absolute atomic E-state index is 12.4. The Morgan fingerprint density at radius 3 is 2.75 bits per heavy atom. The Hall–Kier alpha value is -2.61. The standard InChI is InChI=1S/C15H15N3O2/c1-12-10-14(17-20-12)15(19)18(9-5-8-16)11-13-6-3-2-4-7-13/h2-4,6-7,10H,5,9,11H2,1H3. The average molecular weight is 269 g/mol. The second-order valence-electron chi connectivity index (χ2n) is 4.44. The zero-order valence-electron chi connectivity index (χ0n) is 11.2. The quantitative estimate of drug-likeness (QED) is 0.836. The van der Waals surface area contributed by atoms with Crippen LogP contribution in [-0.4, -0.2) is 22.5 Å². The van der Waals surface area contributed by atoms with E-state index in [2.05, 4.69) is 11.2 Å². The van der Waals surface area contributed by atoms with Crippen LogP contribution in [0.2, 0.25) is 0 Å². The highest BCUT2D eigenvalue weighted by atomic mass is 16.5. The molecule has 2 rings (SSSR count). The highest BCUT2D eigenvalue weighted by Gasteiger charge is 2.19. The van der Waals surface area contributed by atoms with Gasteiger partial charge in [-0.05, 0) is 12.5 Å². The Kier molecular flexibility index (Phi) is 4.51. The van der Waals surface area contributed by atoms with E-state index in [0.29, 0.717) is 18.8 Å². The normalized spacial score (nSPS) is 10.0. The number of nitriles is 1. The molecule has 0 N–H and O–H groups in total. The van der Waals surface area contributed by atoms with Crippen LogP contribution < -0.4 is 0 Å². The molecule has 0 spiro atoms. The summed E-state index contributed by atoms with van der Waals surface area (Å²) in [5.74, 6) is 0.370. The molecule has 1 aromatic heterocycles. The van der Waals surface area contributed by atoms with Crippen molar-refractivity contribution in [3.63, 3.8) is 0 Å². The summed E-state index contributed by atoms with van der Waals surface area (Å²) in [6.45, 7) is 2.56. The van der Waals surface area contributed by atoms with E-state index in [-0.39, 0.29) is 18.0 Å². The monoisotopic (exact) mass is 269 g/mol. The molecular formula is C15H15N3O2. The van der Waals surface area contributed by atoms with Gasteiger partial charge < -0.3 is 9.42 Å². The third kappa shape index (κ3) is 3.45. The first kappa shape index (κ1) is 13.8. The number of rotatable bonds is 5. The Balaban J connectivity index is 2.15. The molecule has 5 heteroatoms. The topological polar surface area (TPSA) is 70.1 Å². The van der Waals surface area contributed by atoms with Crippen molar-refractivity contribution in [3.8, 4) is 6.07 Å². The van der Waals surface area contributed by atoms with Crippen molar-refractivity contribution >= 4 is 5.91 Å². The van der Waals surface area contributed by atoms with E-state index in [1.165, 1.54) is 0 Å². The fourth-order valence-corrected chi connectivity index (χ4v) is 1.87. The maximum atomic E-state index is 12.4. The van der Waals surface area contributed by atoms with Gasteiger partial charge >= 0.3 is 0 Å². The molecule has 0 unspecified atom stereocenters. The van der Waals surface area contributed by atoms with E-state index in [9.17, 15) is 4.79 Å². The van der Waals surface area contributed by atoms with E-state index in [0.717, 1.165) is 5.56 Å². The van der Waals surface area contributed by atoms with Gasteiger partial charge in [-0.1, -0.05) is 35.5 Å². The van der Waals surface area contributed by atoms with E-state index >= 15 is 0 Å². The molecule has 0 fully saturated rings. The smallest absolute Gasteiger partial charge is 0.276 e. The third-order valence-corrected chi connectivity index (χ3v) is 2.84. The number of hydrogen-bond acceptors (Lipinski definition) is 4. The number of carbonyl (C=O) groups is 1. The molecule has 20 heavy (non-hydrogen) atoms. The number of aromatic nitrogens is 1. The lowest BCUT2D eigenvalue weighted by atomic mass is 10.2. The molecule has 0 aliphatic carbocycles. The average Bonchev–Trinajstić information content (AvgIpc) is 2.90. The van der Waals surface area contributed by atoms with Crippen molar-refractivity contribution in [3.05, 3.63) is 53.4 Å². The Morgan fingerprint density at radius 2 is 2.15 bits per heavy atom. The van der Waals surface area contributed by atoms with Crippen LogP contribution in [0.4, 0.5) is 0 Å². The van der Waals surface area contributed by atoms with Crippen molar-refractivity contribution < 1.29 is 9.32 Å². The van der Waals surface area contributed by atoms with Crippen LogP contribution in [0.25, 0.3) is 0 Å². The number of amides is 1. The van der Waals surface area contributed by atoms with Crippen molar-refractivity contribution in [1.82, 2.24) is 10.1 Å². The first-order valence-electron chi connectivity index (χ1n) is 6.34. The molecule has 1 heterocycles. The van der Waals surface area contributed by atoms with Gasteiger partial charge in [0.1, 0.15) is 5.76 Å². The molecule has 0 aliphatic rings. The van der Waals surface area contributed by atoms with Gasteiger partial charge in [-0.2, -0.15) is 5.26 Å². The van der Waals surface area contributed by atoms with E-state index < -0.39 is 0 Å². The first-order valence-corrected chi connectivity index (χ1v) is 6.34. The maximum Gasteiger partial charge on any atom is 0.276 e. The number of benzene rings is 1. The van der Waals surface area contributed by atoms with Crippen molar-refractivity contribution in [1.29, 1.82) is 5.26 Å². The summed E-state index contributed by atoms with van der Waals surface area (Å²) in [7, 11) is 0. The summed E-state index contributed by atoms with van der Waals surface area (Å²) in [5.41, 5.74) is 1.29. The molecule has 102 valence electrons. The predicted molar refractivity (Wildman–Crippen MR) is 72.7 cm³/mol. The summed E-state index contributed by atoms with van der Waals surface area (Å²) in [4.78, 5) is 14.0. The number of hydrogen-bond donors (Lipinski definition) is 0. The number of nitrogens with zero attached hydrogens (tertiary/aromatic N) is 3. The summed E-state index contributed by atoms with van der Waals surface area (Å²) in [5, 5.41) is 12.5. The van der Waals surface area contributed by atoms with E-state index in [4.69, 9.17) is 9.78 Å². The molecule has 2 aromatic rings. The molecule has 1 amide bonds. The van der Waals surface area contributed by atoms with Crippen LogP contribution in [0, 0.1) is 18.3 Å². The molecule has 1 aromatic carbocycles. The van der Waals surface area contributed by atoms with Crippen molar-refractivity contribution in [2.75, 3.05) is 6.54 Å². The third-order valence-electron chi connectivity index (χ3n) is 2.84. The molecule has 0 saturated heterocycles. The predicted octanol–water partition coefficient (Wildman–Crippen LogP) is 2.54. The van der Waals surface area contributed by atoms with E-state index in [1.807, 2.05) is 30.3 Å². The Bertz CT molecular complexity index is 614. The van der Waals surface area contributed by atoms with Crippen LogP contribution in [-0.2, 0) is 6.54 Å².